The fourth-order valence-corrected chi connectivity index (χ4v) is 3.27. The zero-order chi connectivity index (χ0) is 10.7. The minimum Gasteiger partial charge on any atom is -0.306 e. The van der Waals surface area contributed by atoms with Gasteiger partial charge in [0.15, 0.2) is 0 Å². The van der Waals surface area contributed by atoms with Gasteiger partial charge >= 0.3 is 0 Å². The first kappa shape index (κ1) is 11.4. The number of hydrogen-bond acceptors (Lipinski definition) is 3. The lowest BCUT2D eigenvalue weighted by molar-refractivity contribution is 0.250. The van der Waals surface area contributed by atoms with Gasteiger partial charge in [-0.1, -0.05) is 0 Å². The van der Waals surface area contributed by atoms with Gasteiger partial charge in [-0.3, -0.25) is 0 Å². The highest BCUT2D eigenvalue weighted by molar-refractivity contribution is 7.09. The summed E-state index contributed by atoms with van der Waals surface area (Å²) in [6.07, 6.45) is 3.49. The number of likely N-dealkylation sites (tertiary alicyclic amines) is 1. The van der Waals surface area contributed by atoms with Crippen LogP contribution < -0.4 is 0 Å². The van der Waals surface area contributed by atoms with Crippen LogP contribution in [0.3, 0.4) is 0 Å². The van der Waals surface area contributed by atoms with Gasteiger partial charge in [0.25, 0.3) is 0 Å². The van der Waals surface area contributed by atoms with Crippen LogP contribution in [0.4, 0.5) is 0 Å². The zero-order valence-electron chi connectivity index (χ0n) is 9.08. The molecule has 0 amide bonds. The maximum absolute atomic E-state index is 5.71. The smallest absolute Gasteiger partial charge is 0.0972 e. The molecule has 4 heteroatoms. The first-order chi connectivity index (χ1) is 7.29. The highest BCUT2D eigenvalue weighted by atomic mass is 35.5. The number of aromatic nitrogens is 1. The van der Waals surface area contributed by atoms with Crippen LogP contribution in [0, 0.1) is 0 Å². The third kappa shape index (κ3) is 2.92. The molecule has 0 aliphatic carbocycles. The van der Waals surface area contributed by atoms with Gasteiger partial charge in [0.05, 0.1) is 10.7 Å². The fraction of sp³-hybridized carbons (Fsp3) is 0.727. The minimum atomic E-state index is 0.651. The summed E-state index contributed by atoms with van der Waals surface area (Å²) in [6, 6.07) is 0. The summed E-state index contributed by atoms with van der Waals surface area (Å²) >= 11 is 7.51. The number of rotatable bonds is 3. The lowest BCUT2D eigenvalue weighted by Gasteiger charge is -2.28. The number of aryl methyl sites for hydroxylation is 1. The number of nitrogens with zero attached hydrogens (tertiary/aromatic N) is 2. The van der Waals surface area contributed by atoms with Gasteiger partial charge in [-0.25, -0.2) is 4.98 Å². The molecule has 0 radical (unpaired) electrons. The fourth-order valence-electron chi connectivity index (χ4n) is 2.09. The summed E-state index contributed by atoms with van der Waals surface area (Å²) in [5.74, 6) is 1.33. The molecule has 1 atom stereocenters. The molecule has 2 heterocycles. The normalized spacial score (nSPS) is 23.2. The molecular weight excluding hydrogens is 228 g/mol. The van der Waals surface area contributed by atoms with Gasteiger partial charge in [-0.05, 0) is 26.4 Å². The quantitative estimate of drug-likeness (QED) is 0.761. The van der Waals surface area contributed by atoms with Crippen LogP contribution in [-0.2, 0) is 6.42 Å². The Labute approximate surface area is 100 Å². The van der Waals surface area contributed by atoms with E-state index in [1.807, 2.05) is 0 Å². The largest absolute Gasteiger partial charge is 0.306 e. The third-order valence-electron chi connectivity index (χ3n) is 2.89. The van der Waals surface area contributed by atoms with Crippen LogP contribution in [0.15, 0.2) is 5.38 Å². The molecule has 1 unspecified atom stereocenters. The number of likely N-dealkylation sites (N-methyl/N-ethyl adjacent to an activating group) is 1. The van der Waals surface area contributed by atoms with Crippen molar-refractivity contribution in [3.63, 3.8) is 0 Å². The van der Waals surface area contributed by atoms with E-state index in [2.05, 4.69) is 22.3 Å². The van der Waals surface area contributed by atoms with Crippen LogP contribution in [0.5, 0.6) is 0 Å². The van der Waals surface area contributed by atoms with Gasteiger partial charge in [0.2, 0.25) is 0 Å². The Bertz CT molecular complexity index is 313. The van der Waals surface area contributed by atoms with E-state index in [1.54, 1.807) is 11.3 Å². The SMILES string of the molecule is CN1CCCC(c2nc(CCCl)cs2)C1. The molecule has 0 saturated carbocycles. The third-order valence-corrected chi connectivity index (χ3v) is 4.14. The lowest BCUT2D eigenvalue weighted by atomic mass is 9.99. The van der Waals surface area contributed by atoms with Crippen molar-refractivity contribution in [2.75, 3.05) is 26.0 Å². The van der Waals surface area contributed by atoms with Crippen LogP contribution in [0.1, 0.15) is 29.5 Å². The van der Waals surface area contributed by atoms with Gasteiger partial charge in [0.1, 0.15) is 0 Å². The average molecular weight is 245 g/mol. The van der Waals surface area contributed by atoms with Crippen molar-refractivity contribution >= 4 is 22.9 Å². The number of thiazole rings is 1. The highest BCUT2D eigenvalue weighted by Crippen LogP contribution is 2.28. The number of halogens is 1. The summed E-state index contributed by atoms with van der Waals surface area (Å²) in [6.45, 7) is 2.39. The van der Waals surface area contributed by atoms with Crippen molar-refractivity contribution < 1.29 is 0 Å². The molecule has 2 nitrogen and oxygen atoms in total. The summed E-state index contributed by atoms with van der Waals surface area (Å²) in [5.41, 5.74) is 1.17. The summed E-state index contributed by atoms with van der Waals surface area (Å²) in [4.78, 5) is 7.07. The first-order valence-electron chi connectivity index (χ1n) is 5.48. The van der Waals surface area contributed by atoms with E-state index in [0.717, 1.165) is 13.0 Å². The topological polar surface area (TPSA) is 16.1 Å². The van der Waals surface area contributed by atoms with Gasteiger partial charge in [0, 0.05) is 30.1 Å². The Morgan fingerprint density at radius 3 is 3.27 bits per heavy atom. The van der Waals surface area contributed by atoms with E-state index in [4.69, 9.17) is 11.6 Å². The summed E-state index contributed by atoms with van der Waals surface area (Å²) < 4.78 is 0. The Morgan fingerprint density at radius 2 is 2.53 bits per heavy atom. The lowest BCUT2D eigenvalue weighted by Crippen LogP contribution is -2.30. The van der Waals surface area contributed by atoms with Crippen molar-refractivity contribution in [1.29, 1.82) is 0 Å². The molecule has 1 aromatic rings. The van der Waals surface area contributed by atoms with Gasteiger partial charge in [-0.2, -0.15) is 0 Å². The molecule has 2 rings (SSSR count). The molecule has 15 heavy (non-hydrogen) atoms. The van der Waals surface area contributed by atoms with Crippen molar-refractivity contribution in [1.82, 2.24) is 9.88 Å². The molecule has 84 valence electrons. The molecule has 0 N–H and O–H groups in total. The molecule has 1 aromatic heterocycles. The van der Waals surface area contributed by atoms with E-state index >= 15 is 0 Å². The molecule has 1 aliphatic heterocycles. The maximum Gasteiger partial charge on any atom is 0.0972 e. The Morgan fingerprint density at radius 1 is 1.67 bits per heavy atom. The second-order valence-corrected chi connectivity index (χ2v) is 5.49. The van der Waals surface area contributed by atoms with Crippen LogP contribution in [-0.4, -0.2) is 35.9 Å². The predicted octanol–water partition coefficient (Wildman–Crippen LogP) is 2.73. The van der Waals surface area contributed by atoms with Crippen molar-refractivity contribution in [2.24, 2.45) is 0 Å². The molecular formula is C11H17ClN2S. The van der Waals surface area contributed by atoms with Gasteiger partial charge in [-0.15, -0.1) is 22.9 Å². The monoisotopic (exact) mass is 244 g/mol. The first-order valence-corrected chi connectivity index (χ1v) is 6.90. The molecule has 0 spiro atoms. The van der Waals surface area contributed by atoms with E-state index in [1.165, 1.54) is 30.1 Å². The van der Waals surface area contributed by atoms with Crippen molar-refractivity contribution in [3.8, 4) is 0 Å². The summed E-state index contributed by atoms with van der Waals surface area (Å²) in [7, 11) is 2.19. The standard InChI is InChI=1S/C11H17ClN2S/c1-14-6-2-3-9(7-14)11-13-10(4-5-12)8-15-11/h8-9H,2-7H2,1H3. The highest BCUT2D eigenvalue weighted by Gasteiger charge is 2.21. The van der Waals surface area contributed by atoms with Crippen LogP contribution in [0.2, 0.25) is 0 Å². The Kier molecular flexibility index (Phi) is 4.00. The number of alkyl halides is 1. The Hall–Kier alpha value is -0.120. The number of piperidine rings is 1. The maximum atomic E-state index is 5.71. The molecule has 0 aromatic carbocycles. The van der Waals surface area contributed by atoms with E-state index in [0.29, 0.717) is 11.8 Å². The van der Waals surface area contributed by atoms with E-state index in [-0.39, 0.29) is 0 Å². The second kappa shape index (κ2) is 5.28. The molecule has 0 bridgehead atoms. The molecule has 1 aliphatic rings. The van der Waals surface area contributed by atoms with E-state index < -0.39 is 0 Å². The van der Waals surface area contributed by atoms with Crippen molar-refractivity contribution in [3.05, 3.63) is 16.1 Å². The zero-order valence-corrected chi connectivity index (χ0v) is 10.7. The molecule has 1 saturated heterocycles. The average Bonchev–Trinajstić information content (AvgIpc) is 2.67. The van der Waals surface area contributed by atoms with Crippen LogP contribution >= 0.6 is 22.9 Å². The number of hydrogen-bond donors (Lipinski definition) is 0. The minimum absolute atomic E-state index is 0.651. The van der Waals surface area contributed by atoms with Crippen molar-refractivity contribution in [2.45, 2.75) is 25.2 Å². The van der Waals surface area contributed by atoms with Crippen LogP contribution in [0.25, 0.3) is 0 Å². The van der Waals surface area contributed by atoms with E-state index in [9.17, 15) is 0 Å². The summed E-state index contributed by atoms with van der Waals surface area (Å²) in [5, 5.41) is 3.47. The second-order valence-electron chi connectivity index (χ2n) is 4.22. The molecule has 1 fully saturated rings. The van der Waals surface area contributed by atoms with Gasteiger partial charge < -0.3 is 4.90 Å². The predicted molar refractivity (Wildman–Crippen MR) is 66.0 cm³/mol. The Balaban J connectivity index is 2.01.